The van der Waals surface area contributed by atoms with Crippen LogP contribution >= 0.6 is 0 Å². The Kier molecular flexibility index (Phi) is 1.78. The highest BCUT2D eigenvalue weighted by molar-refractivity contribution is 5.66. The summed E-state index contributed by atoms with van der Waals surface area (Å²) in [5.74, 6) is 0. The number of carboxylic acid groups (broad SMARTS) is 1. The lowest BCUT2D eigenvalue weighted by atomic mass is 9.98. The van der Waals surface area contributed by atoms with Crippen LogP contribution in [0.5, 0.6) is 0 Å². The third-order valence-corrected chi connectivity index (χ3v) is 1.52. The maximum Gasteiger partial charge on any atom is 0.405 e. The summed E-state index contributed by atoms with van der Waals surface area (Å²) >= 11 is 0. The average Bonchev–Trinajstić information content (AvgIpc) is 1.78. The molecule has 0 saturated carbocycles. The van der Waals surface area contributed by atoms with Gasteiger partial charge in [-0.15, -0.1) is 0 Å². The number of hydrogen-bond acceptors (Lipinski definition) is 3. The normalized spacial score (nSPS) is 21.3. The van der Waals surface area contributed by atoms with E-state index in [0.29, 0.717) is 19.8 Å². The van der Waals surface area contributed by atoms with Gasteiger partial charge in [0.2, 0.25) is 0 Å². The zero-order chi connectivity index (χ0) is 7.61. The standard InChI is InChI=1S/C5H10N2O3/c6-1-5(2-10-3-5)7-4(8)9/h7H,1-3,6H2,(H,8,9). The third-order valence-electron chi connectivity index (χ3n) is 1.52. The fourth-order valence-electron chi connectivity index (χ4n) is 0.816. The van der Waals surface area contributed by atoms with Gasteiger partial charge < -0.3 is 20.9 Å². The van der Waals surface area contributed by atoms with Gasteiger partial charge in [0.15, 0.2) is 0 Å². The van der Waals surface area contributed by atoms with Crippen molar-refractivity contribution in [3.63, 3.8) is 0 Å². The van der Waals surface area contributed by atoms with Gasteiger partial charge in [-0.2, -0.15) is 0 Å². The van der Waals surface area contributed by atoms with Crippen LogP contribution in [0.1, 0.15) is 0 Å². The first-order valence-electron chi connectivity index (χ1n) is 2.97. The quantitative estimate of drug-likeness (QED) is 0.465. The molecule has 0 aromatic carbocycles. The summed E-state index contributed by atoms with van der Waals surface area (Å²) in [4.78, 5) is 10.1. The van der Waals surface area contributed by atoms with E-state index in [2.05, 4.69) is 5.32 Å². The highest BCUT2D eigenvalue weighted by Gasteiger charge is 2.38. The van der Waals surface area contributed by atoms with Crippen molar-refractivity contribution < 1.29 is 14.6 Å². The van der Waals surface area contributed by atoms with Crippen LogP contribution in [0.15, 0.2) is 0 Å². The first kappa shape index (κ1) is 7.30. The summed E-state index contributed by atoms with van der Waals surface area (Å²) in [6, 6.07) is 0. The van der Waals surface area contributed by atoms with Crippen LogP contribution in [-0.4, -0.2) is 36.5 Å². The second-order valence-electron chi connectivity index (χ2n) is 2.41. The average molecular weight is 146 g/mol. The number of nitrogens with one attached hydrogen (secondary N) is 1. The molecule has 5 nitrogen and oxygen atoms in total. The van der Waals surface area contributed by atoms with E-state index in [0.717, 1.165) is 0 Å². The van der Waals surface area contributed by atoms with Crippen LogP contribution in [0.2, 0.25) is 0 Å². The van der Waals surface area contributed by atoms with Crippen LogP contribution in [0.4, 0.5) is 4.79 Å². The van der Waals surface area contributed by atoms with Gasteiger partial charge in [-0.25, -0.2) is 4.79 Å². The Morgan fingerprint density at radius 1 is 1.80 bits per heavy atom. The van der Waals surface area contributed by atoms with Gasteiger partial charge >= 0.3 is 6.09 Å². The van der Waals surface area contributed by atoms with E-state index in [4.69, 9.17) is 15.6 Å². The number of amides is 1. The lowest BCUT2D eigenvalue weighted by Gasteiger charge is -2.39. The van der Waals surface area contributed by atoms with Crippen molar-refractivity contribution >= 4 is 6.09 Å². The molecule has 0 unspecified atom stereocenters. The first-order valence-corrected chi connectivity index (χ1v) is 2.97. The summed E-state index contributed by atoms with van der Waals surface area (Å²) in [5.41, 5.74) is 4.80. The van der Waals surface area contributed by atoms with Gasteiger partial charge in [-0.05, 0) is 0 Å². The maximum absolute atomic E-state index is 10.1. The van der Waals surface area contributed by atoms with Gasteiger partial charge in [0.05, 0.1) is 13.2 Å². The summed E-state index contributed by atoms with van der Waals surface area (Å²) in [5, 5.41) is 10.6. The molecule has 0 aliphatic carbocycles. The lowest BCUT2D eigenvalue weighted by molar-refractivity contribution is -0.0651. The van der Waals surface area contributed by atoms with E-state index in [1.165, 1.54) is 0 Å². The Bertz CT molecular complexity index is 138. The molecule has 1 rings (SSSR count). The van der Waals surface area contributed by atoms with Gasteiger partial charge in [0, 0.05) is 6.54 Å². The van der Waals surface area contributed by atoms with Gasteiger partial charge in [-0.3, -0.25) is 0 Å². The molecule has 1 saturated heterocycles. The fraction of sp³-hybridized carbons (Fsp3) is 0.800. The molecule has 1 fully saturated rings. The minimum absolute atomic E-state index is 0.291. The highest BCUT2D eigenvalue weighted by Crippen LogP contribution is 2.14. The summed E-state index contributed by atoms with van der Waals surface area (Å²) in [6.45, 7) is 1.06. The van der Waals surface area contributed by atoms with Gasteiger partial charge in [0.1, 0.15) is 5.54 Å². The Morgan fingerprint density at radius 2 is 2.40 bits per heavy atom. The van der Waals surface area contributed by atoms with Crippen molar-refractivity contribution in [1.82, 2.24) is 5.32 Å². The fourth-order valence-corrected chi connectivity index (χ4v) is 0.816. The highest BCUT2D eigenvalue weighted by atomic mass is 16.5. The predicted molar refractivity (Wildman–Crippen MR) is 33.8 cm³/mol. The Labute approximate surface area is 58.2 Å². The van der Waals surface area contributed by atoms with Crippen LogP contribution in [-0.2, 0) is 4.74 Å². The van der Waals surface area contributed by atoms with E-state index in [-0.39, 0.29) is 0 Å². The van der Waals surface area contributed by atoms with Gasteiger partial charge in [0.25, 0.3) is 0 Å². The molecule has 1 aliphatic rings. The molecule has 4 N–H and O–H groups in total. The maximum atomic E-state index is 10.1. The smallest absolute Gasteiger partial charge is 0.405 e. The zero-order valence-corrected chi connectivity index (χ0v) is 5.46. The monoisotopic (exact) mass is 146 g/mol. The van der Waals surface area contributed by atoms with Crippen molar-refractivity contribution in [2.24, 2.45) is 5.73 Å². The van der Waals surface area contributed by atoms with E-state index < -0.39 is 11.6 Å². The van der Waals surface area contributed by atoms with E-state index in [9.17, 15) is 4.79 Å². The van der Waals surface area contributed by atoms with Gasteiger partial charge in [-0.1, -0.05) is 0 Å². The molecule has 1 heterocycles. The van der Waals surface area contributed by atoms with Crippen molar-refractivity contribution in [1.29, 1.82) is 0 Å². The Hall–Kier alpha value is -0.810. The first-order chi connectivity index (χ1) is 4.68. The molecular weight excluding hydrogens is 136 g/mol. The number of ether oxygens (including phenoxy) is 1. The second kappa shape index (κ2) is 2.43. The molecule has 0 atom stereocenters. The summed E-state index contributed by atoms with van der Waals surface area (Å²) in [6.07, 6.45) is -1.05. The molecule has 58 valence electrons. The number of nitrogens with two attached hydrogens (primary N) is 1. The molecular formula is C5H10N2O3. The van der Waals surface area contributed by atoms with Crippen LogP contribution in [0.3, 0.4) is 0 Å². The molecule has 10 heavy (non-hydrogen) atoms. The molecule has 1 amide bonds. The molecule has 0 spiro atoms. The van der Waals surface area contributed by atoms with Crippen LogP contribution < -0.4 is 11.1 Å². The molecule has 1 aliphatic heterocycles. The predicted octanol–water partition coefficient (Wildman–Crippen LogP) is -1.02. The van der Waals surface area contributed by atoms with Crippen molar-refractivity contribution in [3.8, 4) is 0 Å². The second-order valence-corrected chi connectivity index (χ2v) is 2.41. The van der Waals surface area contributed by atoms with E-state index >= 15 is 0 Å². The minimum atomic E-state index is -1.05. The largest absolute Gasteiger partial charge is 0.465 e. The molecule has 0 aromatic heterocycles. The van der Waals surface area contributed by atoms with Crippen molar-refractivity contribution in [2.75, 3.05) is 19.8 Å². The topological polar surface area (TPSA) is 84.6 Å². The van der Waals surface area contributed by atoms with E-state index in [1.807, 2.05) is 0 Å². The zero-order valence-electron chi connectivity index (χ0n) is 5.46. The van der Waals surface area contributed by atoms with Crippen molar-refractivity contribution in [2.45, 2.75) is 5.54 Å². The van der Waals surface area contributed by atoms with Crippen LogP contribution in [0.25, 0.3) is 0 Å². The van der Waals surface area contributed by atoms with E-state index in [1.54, 1.807) is 0 Å². The third kappa shape index (κ3) is 1.19. The summed E-state index contributed by atoms with van der Waals surface area (Å²) < 4.78 is 4.82. The summed E-state index contributed by atoms with van der Waals surface area (Å²) in [7, 11) is 0. The number of hydrogen-bond donors (Lipinski definition) is 3. The minimum Gasteiger partial charge on any atom is -0.465 e. The Morgan fingerprint density at radius 3 is 2.50 bits per heavy atom. The molecule has 0 radical (unpaired) electrons. The molecule has 5 heteroatoms. The number of rotatable bonds is 2. The lowest BCUT2D eigenvalue weighted by Crippen LogP contribution is -2.66. The van der Waals surface area contributed by atoms with Crippen LogP contribution in [0, 0.1) is 0 Å². The SMILES string of the molecule is NCC1(NC(=O)O)COC1. The molecule has 0 aromatic rings. The van der Waals surface area contributed by atoms with Crippen molar-refractivity contribution in [3.05, 3.63) is 0 Å². The number of carbonyl (C=O) groups is 1. The molecule has 0 bridgehead atoms. The Balaban J connectivity index is 2.40.